The fourth-order valence-corrected chi connectivity index (χ4v) is 12.7. The fourth-order valence-electron chi connectivity index (χ4n) is 12.7. The van der Waals surface area contributed by atoms with Crippen molar-refractivity contribution in [2.75, 3.05) is 0 Å². The van der Waals surface area contributed by atoms with Crippen molar-refractivity contribution in [1.29, 1.82) is 0 Å². The predicted octanol–water partition coefficient (Wildman–Crippen LogP) is 14.5. The van der Waals surface area contributed by atoms with Crippen molar-refractivity contribution < 1.29 is 0 Å². The van der Waals surface area contributed by atoms with Crippen LogP contribution in [0.1, 0.15) is 54.2 Å². The van der Waals surface area contributed by atoms with Crippen molar-refractivity contribution in [3.8, 4) is 33.4 Å². The molecule has 0 nitrogen and oxygen atoms in total. The van der Waals surface area contributed by atoms with Crippen molar-refractivity contribution >= 4 is 61.0 Å². The predicted molar refractivity (Wildman–Crippen MR) is 283 cm³/mol. The molecule has 13 rings (SSSR count). The molecular weight excluding hydrogens is 792 g/mol. The molecule has 0 fully saturated rings. The summed E-state index contributed by atoms with van der Waals surface area (Å²) in [5.74, 6) is 0. The SMILES string of the molecule is C=CC1=C(/C=C\C)C2(c3ccccc31)c1ccccc1-c1ccc(B(c3ccc(-c4cccc5c6ccccc6c6ccccc6c45)cc3)c3ccc4c(c3)C(C)(C)c3ccccc3-4)cc12. The Morgan fingerprint density at radius 1 is 0.409 bits per heavy atom. The first-order valence-corrected chi connectivity index (χ1v) is 23.4. The average Bonchev–Trinajstić information content (AvgIpc) is 3.91. The van der Waals surface area contributed by atoms with Crippen LogP contribution < -0.4 is 16.4 Å². The van der Waals surface area contributed by atoms with E-state index in [-0.39, 0.29) is 12.1 Å². The van der Waals surface area contributed by atoms with Crippen molar-refractivity contribution in [2.24, 2.45) is 0 Å². The molecule has 10 aromatic carbocycles. The fraction of sp³-hybridized carbons (Fsp3) is 0.0769. The van der Waals surface area contributed by atoms with Gasteiger partial charge in [0.05, 0.1) is 5.41 Å². The zero-order chi connectivity index (χ0) is 44.3. The van der Waals surface area contributed by atoms with E-state index in [0.717, 1.165) is 0 Å². The van der Waals surface area contributed by atoms with Crippen LogP contribution in [0.5, 0.6) is 0 Å². The topological polar surface area (TPSA) is 0 Å². The summed E-state index contributed by atoms with van der Waals surface area (Å²) in [6.45, 7) is 11.3. The van der Waals surface area contributed by atoms with Crippen LogP contribution >= 0.6 is 0 Å². The zero-order valence-corrected chi connectivity index (χ0v) is 37.6. The Kier molecular flexibility index (Phi) is 8.43. The van der Waals surface area contributed by atoms with Gasteiger partial charge in [-0.2, -0.15) is 0 Å². The lowest BCUT2D eigenvalue weighted by molar-refractivity contribution is 0.661. The van der Waals surface area contributed by atoms with E-state index in [2.05, 4.69) is 246 Å². The van der Waals surface area contributed by atoms with Gasteiger partial charge in [-0.1, -0.05) is 255 Å². The third-order valence-electron chi connectivity index (χ3n) is 15.5. The van der Waals surface area contributed by atoms with E-state index >= 15 is 0 Å². The highest BCUT2D eigenvalue weighted by Crippen LogP contribution is 2.62. The van der Waals surface area contributed by atoms with Crippen molar-refractivity contribution in [2.45, 2.75) is 31.6 Å². The minimum Gasteiger partial charge on any atom is -0.0984 e. The van der Waals surface area contributed by atoms with E-state index in [0.29, 0.717) is 0 Å². The first-order chi connectivity index (χ1) is 32.4. The Labute approximate surface area is 388 Å². The monoisotopic (exact) mass is 838 g/mol. The van der Waals surface area contributed by atoms with E-state index in [9.17, 15) is 0 Å². The maximum Gasteiger partial charge on any atom is 0.241 e. The molecule has 310 valence electrons. The third kappa shape index (κ3) is 5.17. The minimum absolute atomic E-state index is 0.0307. The van der Waals surface area contributed by atoms with Crippen molar-refractivity contribution in [3.63, 3.8) is 0 Å². The van der Waals surface area contributed by atoms with Gasteiger partial charge < -0.3 is 0 Å². The van der Waals surface area contributed by atoms with Gasteiger partial charge in [0, 0.05) is 5.41 Å². The third-order valence-corrected chi connectivity index (χ3v) is 15.5. The van der Waals surface area contributed by atoms with Gasteiger partial charge >= 0.3 is 0 Å². The Morgan fingerprint density at radius 2 is 0.864 bits per heavy atom. The molecule has 1 spiro atoms. The Morgan fingerprint density at radius 3 is 1.50 bits per heavy atom. The van der Waals surface area contributed by atoms with Gasteiger partial charge in [0.1, 0.15) is 0 Å². The number of fused-ring (bicyclic) bond motifs is 16. The number of hydrogen-bond acceptors (Lipinski definition) is 0. The summed E-state index contributed by atoms with van der Waals surface area (Å²) in [6, 6.07) is 75.9. The molecule has 1 heteroatoms. The molecule has 0 saturated carbocycles. The Hall–Kier alpha value is -7.74. The van der Waals surface area contributed by atoms with Gasteiger partial charge in [0.25, 0.3) is 0 Å². The molecule has 0 aliphatic heterocycles. The van der Waals surface area contributed by atoms with Crippen molar-refractivity contribution in [1.82, 2.24) is 0 Å². The van der Waals surface area contributed by atoms with Crippen LogP contribution in [-0.2, 0) is 10.8 Å². The molecule has 66 heavy (non-hydrogen) atoms. The summed E-state index contributed by atoms with van der Waals surface area (Å²) in [7, 11) is 0. The van der Waals surface area contributed by atoms with Gasteiger partial charge in [-0.25, -0.2) is 0 Å². The van der Waals surface area contributed by atoms with Crippen LogP contribution in [0.3, 0.4) is 0 Å². The van der Waals surface area contributed by atoms with Crippen molar-refractivity contribution in [3.05, 3.63) is 264 Å². The molecule has 3 aliphatic rings. The number of hydrogen-bond donors (Lipinski definition) is 0. The average molecular weight is 839 g/mol. The molecule has 0 aromatic heterocycles. The first-order valence-electron chi connectivity index (χ1n) is 23.4. The first kappa shape index (κ1) is 38.7. The van der Waals surface area contributed by atoms with E-state index in [4.69, 9.17) is 0 Å². The molecule has 0 heterocycles. The van der Waals surface area contributed by atoms with Crippen LogP contribution in [-0.4, -0.2) is 6.71 Å². The summed E-state index contributed by atoms with van der Waals surface area (Å²) < 4.78 is 0. The van der Waals surface area contributed by atoms with Crippen LogP contribution in [0.25, 0.3) is 71.3 Å². The lowest BCUT2D eigenvalue weighted by atomic mass is 9.36. The van der Waals surface area contributed by atoms with Crippen LogP contribution in [0, 0.1) is 0 Å². The van der Waals surface area contributed by atoms with Crippen LogP contribution in [0.2, 0.25) is 0 Å². The van der Waals surface area contributed by atoms with E-state index in [1.165, 1.54) is 127 Å². The lowest BCUT2D eigenvalue weighted by Gasteiger charge is -2.32. The molecule has 0 bridgehead atoms. The van der Waals surface area contributed by atoms with Gasteiger partial charge in [-0.05, 0) is 117 Å². The molecule has 0 N–H and O–H groups in total. The molecule has 10 aromatic rings. The number of benzene rings is 10. The number of rotatable bonds is 6. The van der Waals surface area contributed by atoms with Crippen LogP contribution in [0.4, 0.5) is 0 Å². The zero-order valence-electron chi connectivity index (χ0n) is 37.6. The van der Waals surface area contributed by atoms with Gasteiger partial charge in [-0.15, -0.1) is 0 Å². The Balaban J connectivity index is 1.04. The Bertz CT molecular complexity index is 3720. The smallest absolute Gasteiger partial charge is 0.0984 e. The molecule has 3 aliphatic carbocycles. The molecule has 1 atom stereocenters. The number of allylic oxidation sites excluding steroid dienone is 5. The lowest BCUT2D eigenvalue weighted by Crippen LogP contribution is -2.52. The highest BCUT2D eigenvalue weighted by Gasteiger charge is 2.52. The van der Waals surface area contributed by atoms with Gasteiger partial charge in [0.2, 0.25) is 6.71 Å². The van der Waals surface area contributed by atoms with E-state index in [1.54, 1.807) is 0 Å². The molecule has 1 unspecified atom stereocenters. The van der Waals surface area contributed by atoms with E-state index < -0.39 is 5.41 Å². The van der Waals surface area contributed by atoms with E-state index in [1.807, 2.05) is 0 Å². The second-order valence-electron chi connectivity index (χ2n) is 19.0. The van der Waals surface area contributed by atoms with Gasteiger partial charge in [-0.3, -0.25) is 0 Å². The van der Waals surface area contributed by atoms with Gasteiger partial charge in [0.15, 0.2) is 0 Å². The summed E-state index contributed by atoms with van der Waals surface area (Å²) in [4.78, 5) is 0. The maximum atomic E-state index is 4.40. The molecule has 0 amide bonds. The summed E-state index contributed by atoms with van der Waals surface area (Å²) in [5, 5.41) is 7.77. The maximum absolute atomic E-state index is 4.40. The molecular formula is C65H47B. The normalized spacial score (nSPS) is 16.2. The molecule has 0 saturated heterocycles. The standard InChI is InChI=1S/C65H47B/c1-5-18-58-45(6-2)50-22-12-15-29-59(50)65(58)60-30-16-13-24-52(60)54-38-36-44(40-62(54)65)66(43-35-37-53-51-23-11-14-28-57(51)64(3,4)61(53)39-43)42-33-31-41(32-34-42)46-26-17-27-56-49-20-8-7-19-47(49)48-21-9-10-25-55(48)63(46)56/h5-40H,2H2,1,3-4H3/b18-5-. The summed E-state index contributed by atoms with van der Waals surface area (Å²) >= 11 is 0. The summed E-state index contributed by atoms with van der Waals surface area (Å²) in [5.41, 5.74) is 21.6. The second kappa shape index (κ2) is 14.4. The quantitative estimate of drug-likeness (QED) is 0.116. The largest absolute Gasteiger partial charge is 0.241 e. The minimum atomic E-state index is -0.480. The highest BCUT2D eigenvalue weighted by atomic mass is 14.5. The van der Waals surface area contributed by atoms with Crippen LogP contribution in [0.15, 0.2) is 231 Å². The second-order valence-corrected chi connectivity index (χ2v) is 19.0. The highest BCUT2D eigenvalue weighted by molar-refractivity contribution is 6.95. The summed E-state index contributed by atoms with van der Waals surface area (Å²) in [6.07, 6.45) is 6.61. The molecule has 0 radical (unpaired) electrons.